The molecule has 6 nitrogen and oxygen atoms in total. The Morgan fingerprint density at radius 1 is 1.25 bits per heavy atom. The number of carbonyl (C=O) groups excluding carboxylic acids is 2. The van der Waals surface area contributed by atoms with Gasteiger partial charge < -0.3 is 10.2 Å². The zero-order chi connectivity index (χ0) is 16.9. The van der Waals surface area contributed by atoms with Crippen molar-refractivity contribution in [2.45, 2.75) is 6.92 Å². The highest BCUT2D eigenvalue weighted by atomic mass is 32.1. The van der Waals surface area contributed by atoms with Gasteiger partial charge in [0.05, 0.1) is 6.54 Å². The molecule has 8 heteroatoms. The molecule has 0 bridgehead atoms. The number of nitrogens with zero attached hydrogens (tertiary/aromatic N) is 3. The molecule has 0 radical (unpaired) electrons. The van der Waals surface area contributed by atoms with Gasteiger partial charge >= 0.3 is 0 Å². The highest BCUT2D eigenvalue weighted by molar-refractivity contribution is 7.14. The number of aromatic nitrogens is 1. The van der Waals surface area contributed by atoms with E-state index in [0.717, 1.165) is 10.6 Å². The van der Waals surface area contributed by atoms with Gasteiger partial charge in [0.2, 0.25) is 5.91 Å². The fourth-order valence-electron chi connectivity index (χ4n) is 2.62. The molecular weight excluding hydrogens is 344 g/mol. The fourth-order valence-corrected chi connectivity index (χ4v) is 4.12. The molecule has 3 rings (SSSR count). The molecule has 2 aromatic rings. The third-order valence-corrected chi connectivity index (χ3v) is 5.47. The highest BCUT2D eigenvalue weighted by Crippen LogP contribution is 2.26. The van der Waals surface area contributed by atoms with E-state index in [0.29, 0.717) is 45.0 Å². The standard InChI is InChI=1S/C16H20N4O2S2/c1-2-17-14(21)9-19-4-6-20(7-5-19)16(22)13-11-24-15(18-13)12-3-8-23-10-12/h3,8,10-11H,2,4-7,9H2,1H3,(H,17,21). The lowest BCUT2D eigenvalue weighted by molar-refractivity contribution is -0.122. The molecule has 1 saturated heterocycles. The number of hydrogen-bond acceptors (Lipinski definition) is 6. The van der Waals surface area contributed by atoms with Crippen molar-refractivity contribution in [3.8, 4) is 10.6 Å². The first kappa shape index (κ1) is 17.1. The third-order valence-electron chi connectivity index (χ3n) is 3.89. The van der Waals surface area contributed by atoms with E-state index in [1.54, 1.807) is 11.3 Å². The molecule has 1 N–H and O–H groups in total. The van der Waals surface area contributed by atoms with E-state index in [1.807, 2.05) is 34.0 Å². The second-order valence-corrected chi connectivity index (χ2v) is 7.21. The van der Waals surface area contributed by atoms with Crippen molar-refractivity contribution in [3.63, 3.8) is 0 Å². The van der Waals surface area contributed by atoms with Gasteiger partial charge in [-0.05, 0) is 18.4 Å². The predicted molar refractivity (Wildman–Crippen MR) is 96.5 cm³/mol. The van der Waals surface area contributed by atoms with E-state index in [-0.39, 0.29) is 11.8 Å². The first-order chi connectivity index (χ1) is 11.7. The first-order valence-electron chi connectivity index (χ1n) is 7.94. The fraction of sp³-hybridized carbons (Fsp3) is 0.438. The predicted octanol–water partition coefficient (Wildman–Crippen LogP) is 1.77. The van der Waals surface area contributed by atoms with Crippen LogP contribution in [0.2, 0.25) is 0 Å². The summed E-state index contributed by atoms with van der Waals surface area (Å²) in [5.74, 6) is 0.0163. The first-order valence-corrected chi connectivity index (χ1v) is 9.76. The maximum Gasteiger partial charge on any atom is 0.273 e. The molecule has 0 unspecified atom stereocenters. The van der Waals surface area contributed by atoms with E-state index in [4.69, 9.17) is 0 Å². The maximum atomic E-state index is 12.6. The zero-order valence-corrected chi connectivity index (χ0v) is 15.2. The van der Waals surface area contributed by atoms with Gasteiger partial charge in [-0.25, -0.2) is 4.98 Å². The van der Waals surface area contributed by atoms with Crippen LogP contribution in [0, 0.1) is 0 Å². The molecule has 128 valence electrons. The quantitative estimate of drug-likeness (QED) is 0.878. The topological polar surface area (TPSA) is 65.5 Å². The van der Waals surface area contributed by atoms with Crippen LogP contribution in [0.3, 0.4) is 0 Å². The minimum Gasteiger partial charge on any atom is -0.355 e. The van der Waals surface area contributed by atoms with Crippen molar-refractivity contribution in [1.82, 2.24) is 20.1 Å². The van der Waals surface area contributed by atoms with Crippen LogP contribution in [0.5, 0.6) is 0 Å². The summed E-state index contributed by atoms with van der Waals surface area (Å²) in [4.78, 5) is 32.6. The van der Waals surface area contributed by atoms with Crippen molar-refractivity contribution < 1.29 is 9.59 Å². The number of rotatable bonds is 5. The summed E-state index contributed by atoms with van der Waals surface area (Å²) in [6.07, 6.45) is 0. The van der Waals surface area contributed by atoms with Gasteiger partial charge in [-0.1, -0.05) is 0 Å². The molecule has 0 atom stereocenters. The zero-order valence-electron chi connectivity index (χ0n) is 13.5. The highest BCUT2D eigenvalue weighted by Gasteiger charge is 2.24. The van der Waals surface area contributed by atoms with Gasteiger partial charge in [0.25, 0.3) is 5.91 Å². The van der Waals surface area contributed by atoms with Crippen LogP contribution in [-0.2, 0) is 4.79 Å². The molecule has 0 saturated carbocycles. The van der Waals surface area contributed by atoms with E-state index in [1.165, 1.54) is 11.3 Å². The normalized spacial score (nSPS) is 15.5. The molecular formula is C16H20N4O2S2. The minimum atomic E-state index is -0.0228. The maximum absolute atomic E-state index is 12.6. The Bertz CT molecular complexity index is 691. The van der Waals surface area contributed by atoms with Crippen molar-refractivity contribution >= 4 is 34.5 Å². The Kier molecular flexibility index (Phi) is 5.60. The molecule has 0 spiro atoms. The van der Waals surface area contributed by atoms with Crippen LogP contribution in [0.25, 0.3) is 10.6 Å². The number of likely N-dealkylation sites (N-methyl/N-ethyl adjacent to an activating group) is 1. The van der Waals surface area contributed by atoms with Crippen LogP contribution >= 0.6 is 22.7 Å². The lowest BCUT2D eigenvalue weighted by atomic mass is 10.3. The van der Waals surface area contributed by atoms with Crippen LogP contribution in [0.15, 0.2) is 22.2 Å². The smallest absolute Gasteiger partial charge is 0.273 e. The number of nitrogens with one attached hydrogen (secondary N) is 1. The third kappa shape index (κ3) is 4.00. The SMILES string of the molecule is CCNC(=O)CN1CCN(C(=O)c2csc(-c3ccsc3)n2)CC1. The molecule has 0 aliphatic carbocycles. The second-order valence-electron chi connectivity index (χ2n) is 5.57. The lowest BCUT2D eigenvalue weighted by Crippen LogP contribution is -2.51. The van der Waals surface area contributed by atoms with Gasteiger partial charge in [0.1, 0.15) is 10.7 Å². The minimum absolute atomic E-state index is 0.0228. The van der Waals surface area contributed by atoms with Gasteiger partial charge in [0, 0.05) is 49.0 Å². The van der Waals surface area contributed by atoms with Gasteiger partial charge in [0.15, 0.2) is 0 Å². The Labute approximate surface area is 149 Å². The van der Waals surface area contributed by atoms with E-state index in [2.05, 4.69) is 15.2 Å². The summed E-state index contributed by atoms with van der Waals surface area (Å²) in [6.45, 7) is 5.64. The number of hydrogen-bond donors (Lipinski definition) is 1. The number of thiophene rings is 1. The van der Waals surface area contributed by atoms with Crippen molar-refractivity contribution in [2.24, 2.45) is 0 Å². The van der Waals surface area contributed by atoms with Gasteiger partial charge in [-0.3, -0.25) is 14.5 Å². The summed E-state index contributed by atoms with van der Waals surface area (Å²) < 4.78 is 0. The number of amides is 2. The van der Waals surface area contributed by atoms with Crippen molar-refractivity contribution in [1.29, 1.82) is 0 Å². The number of thiazole rings is 1. The number of piperazine rings is 1. The molecule has 24 heavy (non-hydrogen) atoms. The Morgan fingerprint density at radius 3 is 2.71 bits per heavy atom. The molecule has 2 amide bonds. The van der Waals surface area contributed by atoms with Crippen LogP contribution in [-0.4, -0.2) is 65.9 Å². The number of carbonyl (C=O) groups is 2. The molecule has 2 aromatic heterocycles. The van der Waals surface area contributed by atoms with Crippen LogP contribution in [0.1, 0.15) is 17.4 Å². The summed E-state index contributed by atoms with van der Waals surface area (Å²) in [7, 11) is 0. The molecule has 0 aromatic carbocycles. The summed E-state index contributed by atoms with van der Waals surface area (Å²) >= 11 is 3.12. The van der Waals surface area contributed by atoms with Gasteiger partial charge in [-0.2, -0.15) is 11.3 Å². The lowest BCUT2D eigenvalue weighted by Gasteiger charge is -2.33. The van der Waals surface area contributed by atoms with Crippen LogP contribution in [0.4, 0.5) is 0 Å². The summed E-state index contributed by atoms with van der Waals surface area (Å²) in [5, 5.41) is 9.55. The summed E-state index contributed by atoms with van der Waals surface area (Å²) in [6, 6.07) is 2.01. The molecule has 1 fully saturated rings. The van der Waals surface area contributed by atoms with Crippen molar-refractivity contribution in [3.05, 3.63) is 27.9 Å². The Balaban J connectivity index is 1.55. The second kappa shape index (κ2) is 7.87. The Hall–Kier alpha value is -1.77. The van der Waals surface area contributed by atoms with E-state index >= 15 is 0 Å². The average Bonchev–Trinajstić information content (AvgIpc) is 3.26. The average molecular weight is 364 g/mol. The van der Waals surface area contributed by atoms with E-state index in [9.17, 15) is 9.59 Å². The van der Waals surface area contributed by atoms with Crippen LogP contribution < -0.4 is 5.32 Å². The van der Waals surface area contributed by atoms with Gasteiger partial charge in [-0.15, -0.1) is 11.3 Å². The van der Waals surface area contributed by atoms with E-state index < -0.39 is 0 Å². The molecule has 3 heterocycles. The largest absolute Gasteiger partial charge is 0.355 e. The Morgan fingerprint density at radius 2 is 2.04 bits per heavy atom. The summed E-state index contributed by atoms with van der Waals surface area (Å²) in [5.41, 5.74) is 1.58. The molecule has 1 aliphatic rings. The molecule has 1 aliphatic heterocycles. The van der Waals surface area contributed by atoms with Crippen molar-refractivity contribution in [2.75, 3.05) is 39.3 Å². The monoisotopic (exact) mass is 364 g/mol.